The van der Waals surface area contributed by atoms with E-state index in [2.05, 4.69) is 17.2 Å². The molecule has 5 heteroatoms. The van der Waals surface area contributed by atoms with Crippen molar-refractivity contribution in [2.45, 2.75) is 25.3 Å². The Hall–Kier alpha value is -1.20. The van der Waals surface area contributed by atoms with Crippen molar-refractivity contribution in [2.24, 2.45) is 5.73 Å². The highest BCUT2D eigenvalue weighted by Crippen LogP contribution is 2.24. The Morgan fingerprint density at radius 3 is 2.82 bits per heavy atom. The van der Waals surface area contributed by atoms with Crippen molar-refractivity contribution in [3.05, 3.63) is 23.9 Å². The molecule has 0 atom stereocenters. The third kappa shape index (κ3) is 3.14. The SMILES string of the molecule is CC1(Nc2cccc(C(N)=S)n2)CCOCC1. The van der Waals surface area contributed by atoms with E-state index in [1.165, 1.54) is 0 Å². The molecule has 0 radical (unpaired) electrons. The van der Waals surface area contributed by atoms with Crippen LogP contribution in [0.1, 0.15) is 25.5 Å². The second kappa shape index (κ2) is 4.98. The number of nitrogens with two attached hydrogens (primary N) is 1. The van der Waals surface area contributed by atoms with Gasteiger partial charge in [0.2, 0.25) is 0 Å². The molecule has 0 aliphatic carbocycles. The molecule has 0 aromatic carbocycles. The summed E-state index contributed by atoms with van der Waals surface area (Å²) in [6.45, 7) is 3.77. The van der Waals surface area contributed by atoms with Crippen LogP contribution < -0.4 is 11.1 Å². The van der Waals surface area contributed by atoms with Crippen molar-refractivity contribution < 1.29 is 4.74 Å². The maximum absolute atomic E-state index is 5.57. The molecule has 1 fully saturated rings. The Labute approximate surface area is 107 Å². The Morgan fingerprint density at radius 2 is 2.18 bits per heavy atom. The molecular weight excluding hydrogens is 234 g/mol. The third-order valence-corrected chi connectivity index (χ3v) is 3.24. The van der Waals surface area contributed by atoms with Crippen molar-refractivity contribution in [1.29, 1.82) is 0 Å². The molecule has 1 saturated heterocycles. The van der Waals surface area contributed by atoms with Gasteiger partial charge in [0, 0.05) is 18.8 Å². The molecule has 0 saturated carbocycles. The van der Waals surface area contributed by atoms with Crippen LogP contribution in [0.25, 0.3) is 0 Å². The summed E-state index contributed by atoms with van der Waals surface area (Å²) in [5.41, 5.74) is 6.27. The number of aromatic nitrogens is 1. The van der Waals surface area contributed by atoms with E-state index >= 15 is 0 Å². The number of thiocarbonyl (C=S) groups is 1. The first-order chi connectivity index (χ1) is 8.09. The molecule has 92 valence electrons. The summed E-state index contributed by atoms with van der Waals surface area (Å²) >= 11 is 4.92. The lowest BCUT2D eigenvalue weighted by atomic mass is 9.92. The van der Waals surface area contributed by atoms with Crippen molar-refractivity contribution in [3.8, 4) is 0 Å². The molecule has 0 spiro atoms. The quantitative estimate of drug-likeness (QED) is 0.801. The van der Waals surface area contributed by atoms with Crippen molar-refractivity contribution in [1.82, 2.24) is 4.98 Å². The van der Waals surface area contributed by atoms with Gasteiger partial charge >= 0.3 is 0 Å². The maximum Gasteiger partial charge on any atom is 0.127 e. The van der Waals surface area contributed by atoms with Crippen LogP contribution in [0.4, 0.5) is 5.82 Å². The molecular formula is C12H17N3OS. The van der Waals surface area contributed by atoms with Crippen molar-refractivity contribution >= 4 is 23.0 Å². The fourth-order valence-corrected chi connectivity index (χ4v) is 2.01. The monoisotopic (exact) mass is 251 g/mol. The molecule has 2 rings (SSSR count). The first-order valence-electron chi connectivity index (χ1n) is 5.72. The lowest BCUT2D eigenvalue weighted by Gasteiger charge is -2.35. The highest BCUT2D eigenvalue weighted by Gasteiger charge is 2.27. The summed E-state index contributed by atoms with van der Waals surface area (Å²) in [5, 5.41) is 3.45. The number of ether oxygens (including phenoxy) is 1. The summed E-state index contributed by atoms with van der Waals surface area (Å²) in [7, 11) is 0. The van der Waals surface area contributed by atoms with Gasteiger partial charge in [0.15, 0.2) is 0 Å². The first-order valence-corrected chi connectivity index (χ1v) is 6.13. The zero-order valence-electron chi connectivity index (χ0n) is 9.90. The van der Waals surface area contributed by atoms with Gasteiger partial charge < -0.3 is 15.8 Å². The minimum atomic E-state index is 0.0418. The smallest absolute Gasteiger partial charge is 0.127 e. The average Bonchev–Trinajstić information content (AvgIpc) is 2.29. The van der Waals surface area contributed by atoms with E-state index in [1.54, 1.807) is 0 Å². The van der Waals surface area contributed by atoms with Gasteiger partial charge in [-0.15, -0.1) is 0 Å². The lowest BCUT2D eigenvalue weighted by molar-refractivity contribution is 0.0657. The van der Waals surface area contributed by atoms with Crippen LogP contribution in [0, 0.1) is 0 Å². The summed E-state index contributed by atoms with van der Waals surface area (Å²) < 4.78 is 5.36. The molecule has 0 unspecified atom stereocenters. The standard InChI is InChI=1S/C12H17N3OS/c1-12(5-7-16-8-6-12)15-10-4-2-3-9(14-10)11(13)17/h2-4H,5-8H2,1H3,(H2,13,17)(H,14,15). The molecule has 1 aromatic rings. The van der Waals surface area contributed by atoms with Crippen LogP contribution in [0.15, 0.2) is 18.2 Å². The molecule has 1 aliphatic heterocycles. The number of rotatable bonds is 3. The van der Waals surface area contributed by atoms with Gasteiger partial charge in [0.1, 0.15) is 10.8 Å². The van der Waals surface area contributed by atoms with Gasteiger partial charge in [0.25, 0.3) is 0 Å². The Bertz CT molecular complexity index is 416. The molecule has 3 N–H and O–H groups in total. The number of anilines is 1. The second-order valence-corrected chi connectivity index (χ2v) is 5.01. The Balaban J connectivity index is 2.12. The van der Waals surface area contributed by atoms with Crippen LogP contribution in [0.2, 0.25) is 0 Å². The predicted octanol–water partition coefficient (Wildman–Crippen LogP) is 1.70. The summed E-state index contributed by atoms with van der Waals surface area (Å²) in [4.78, 5) is 4.72. The minimum Gasteiger partial charge on any atom is -0.388 e. The van der Waals surface area contributed by atoms with Crippen molar-refractivity contribution in [2.75, 3.05) is 18.5 Å². The molecule has 0 amide bonds. The fraction of sp³-hybridized carbons (Fsp3) is 0.500. The number of nitrogens with zero attached hydrogens (tertiary/aromatic N) is 1. The van der Waals surface area contributed by atoms with Gasteiger partial charge in [-0.1, -0.05) is 18.3 Å². The summed E-state index contributed by atoms with van der Waals surface area (Å²) in [5.74, 6) is 0.819. The van der Waals surface area contributed by atoms with Crippen molar-refractivity contribution in [3.63, 3.8) is 0 Å². The predicted molar refractivity (Wildman–Crippen MR) is 72.2 cm³/mol. The number of hydrogen-bond acceptors (Lipinski definition) is 4. The zero-order chi connectivity index (χ0) is 12.3. The van der Waals surface area contributed by atoms with Crippen LogP contribution in [-0.2, 0) is 4.74 Å². The Kier molecular flexibility index (Phi) is 3.59. The third-order valence-electron chi connectivity index (χ3n) is 3.03. The van der Waals surface area contributed by atoms with E-state index < -0.39 is 0 Å². The van der Waals surface area contributed by atoms with E-state index in [-0.39, 0.29) is 5.54 Å². The highest BCUT2D eigenvalue weighted by molar-refractivity contribution is 7.80. The molecule has 1 aliphatic rings. The van der Waals surface area contributed by atoms with Crippen LogP contribution in [-0.4, -0.2) is 28.7 Å². The van der Waals surface area contributed by atoms with Gasteiger partial charge in [-0.3, -0.25) is 0 Å². The molecule has 17 heavy (non-hydrogen) atoms. The van der Waals surface area contributed by atoms with E-state index in [4.69, 9.17) is 22.7 Å². The van der Waals surface area contributed by atoms with Crippen LogP contribution in [0.3, 0.4) is 0 Å². The number of nitrogens with one attached hydrogen (secondary N) is 1. The van der Waals surface area contributed by atoms with E-state index in [9.17, 15) is 0 Å². The average molecular weight is 251 g/mol. The molecule has 2 heterocycles. The fourth-order valence-electron chi connectivity index (χ4n) is 1.90. The zero-order valence-corrected chi connectivity index (χ0v) is 10.7. The van der Waals surface area contributed by atoms with Gasteiger partial charge in [-0.2, -0.15) is 0 Å². The maximum atomic E-state index is 5.57. The van der Waals surface area contributed by atoms with E-state index in [0.29, 0.717) is 10.7 Å². The molecule has 1 aromatic heterocycles. The Morgan fingerprint density at radius 1 is 1.47 bits per heavy atom. The first kappa shape index (κ1) is 12.3. The van der Waals surface area contributed by atoms with E-state index in [1.807, 2.05) is 18.2 Å². The summed E-state index contributed by atoms with van der Waals surface area (Å²) in [6, 6.07) is 5.66. The molecule has 4 nitrogen and oxygen atoms in total. The van der Waals surface area contributed by atoms with Gasteiger partial charge in [-0.05, 0) is 31.9 Å². The van der Waals surface area contributed by atoms with Gasteiger partial charge in [-0.25, -0.2) is 4.98 Å². The second-order valence-electron chi connectivity index (χ2n) is 4.57. The minimum absolute atomic E-state index is 0.0418. The number of hydrogen-bond donors (Lipinski definition) is 2. The highest BCUT2D eigenvalue weighted by atomic mass is 32.1. The van der Waals surface area contributed by atoms with Crippen LogP contribution >= 0.6 is 12.2 Å². The molecule has 0 bridgehead atoms. The number of pyridine rings is 1. The van der Waals surface area contributed by atoms with E-state index in [0.717, 1.165) is 31.9 Å². The normalized spacial score (nSPS) is 18.6. The summed E-state index contributed by atoms with van der Waals surface area (Å²) in [6.07, 6.45) is 1.96. The van der Waals surface area contributed by atoms with Crippen LogP contribution in [0.5, 0.6) is 0 Å². The lowest BCUT2D eigenvalue weighted by Crippen LogP contribution is -2.41. The largest absolute Gasteiger partial charge is 0.388 e. The van der Waals surface area contributed by atoms with Gasteiger partial charge in [0.05, 0.1) is 5.69 Å². The topological polar surface area (TPSA) is 60.2 Å².